The molecular formula is C25H27IN2O4. The molecule has 0 saturated heterocycles. The molecule has 7 rings (SSSR count). The van der Waals surface area contributed by atoms with Gasteiger partial charge in [0.25, 0.3) is 0 Å². The van der Waals surface area contributed by atoms with Gasteiger partial charge in [-0.05, 0) is 0 Å². The zero-order valence-corrected chi connectivity index (χ0v) is 20.9. The molecule has 0 radical (unpaired) electrons. The van der Waals surface area contributed by atoms with E-state index in [1.807, 2.05) is 32.9 Å². The molecule has 6 aliphatic rings. The van der Waals surface area contributed by atoms with Crippen LogP contribution in [0.3, 0.4) is 0 Å². The van der Waals surface area contributed by atoms with Gasteiger partial charge in [0.15, 0.2) is 0 Å². The van der Waals surface area contributed by atoms with Gasteiger partial charge in [-0.25, -0.2) is 0 Å². The average molecular weight is 546 g/mol. The summed E-state index contributed by atoms with van der Waals surface area (Å²) >= 11 is -3.11. The van der Waals surface area contributed by atoms with Crippen molar-refractivity contribution >= 4 is 32.6 Å². The predicted molar refractivity (Wildman–Crippen MR) is 125 cm³/mol. The second kappa shape index (κ2) is 6.93. The van der Waals surface area contributed by atoms with Crippen molar-refractivity contribution in [2.24, 2.45) is 16.2 Å². The SMILES string of the molecule is [C-]#[N+]C12CCC(C(=O)OI(OC(=O)C34CCC(C#N)(C3)C4)c3c(C)cc(C)cc3C)(C1)C2. The van der Waals surface area contributed by atoms with Crippen molar-refractivity contribution in [1.82, 2.24) is 0 Å². The fourth-order valence-electron chi connectivity index (χ4n) is 6.66. The van der Waals surface area contributed by atoms with Crippen molar-refractivity contribution in [3.63, 3.8) is 0 Å². The van der Waals surface area contributed by atoms with Crippen molar-refractivity contribution < 1.29 is 15.7 Å². The van der Waals surface area contributed by atoms with E-state index in [1.165, 1.54) is 0 Å². The summed E-state index contributed by atoms with van der Waals surface area (Å²) in [5.74, 6) is -0.596. The first-order valence-corrected chi connectivity index (χ1v) is 14.0. The van der Waals surface area contributed by atoms with Crippen molar-refractivity contribution in [3.05, 3.63) is 43.8 Å². The quantitative estimate of drug-likeness (QED) is 0.359. The van der Waals surface area contributed by atoms with Gasteiger partial charge in [-0.15, -0.1) is 0 Å². The van der Waals surface area contributed by atoms with Crippen LogP contribution in [0.25, 0.3) is 4.85 Å². The standard InChI is InChI=1S/C25H27IN2O4/c1-16-9-17(2)19(18(3)10-16)26(31-20(29)23-6-5-22(11-23,12-23)15-27)32-21(30)24-7-8-25(13-24,14-24)28-4/h9-10H,5-8,11-14H2,1-3H3. The Balaban J connectivity index is 1.41. The van der Waals surface area contributed by atoms with Crippen LogP contribution in [0.15, 0.2) is 12.1 Å². The van der Waals surface area contributed by atoms with Gasteiger partial charge in [0.05, 0.1) is 0 Å². The monoisotopic (exact) mass is 546 g/mol. The Kier molecular flexibility index (Phi) is 4.70. The molecule has 1 aromatic carbocycles. The molecule has 0 aromatic heterocycles. The van der Waals surface area contributed by atoms with E-state index in [4.69, 9.17) is 12.7 Å². The first-order valence-electron chi connectivity index (χ1n) is 11.1. The number of hydrogen-bond acceptors (Lipinski definition) is 5. The van der Waals surface area contributed by atoms with Crippen molar-refractivity contribution in [1.29, 1.82) is 5.26 Å². The van der Waals surface area contributed by atoms with Gasteiger partial charge in [-0.2, -0.15) is 0 Å². The molecule has 1 aromatic rings. The van der Waals surface area contributed by atoms with E-state index >= 15 is 0 Å². The molecule has 0 atom stereocenters. The minimum atomic E-state index is -3.11. The molecule has 0 spiro atoms. The number of nitrogens with zero attached hydrogens (tertiary/aromatic N) is 2. The molecule has 6 fully saturated rings. The van der Waals surface area contributed by atoms with Crippen molar-refractivity contribution in [2.45, 2.75) is 77.7 Å². The predicted octanol–water partition coefficient (Wildman–Crippen LogP) is 5.52. The Bertz CT molecular complexity index is 1030. The van der Waals surface area contributed by atoms with E-state index in [1.54, 1.807) is 0 Å². The average Bonchev–Trinajstić information content (AvgIpc) is 3.43. The Morgan fingerprint density at radius 2 is 1.50 bits per heavy atom. The summed E-state index contributed by atoms with van der Waals surface area (Å²) in [5.41, 5.74) is 1.13. The van der Waals surface area contributed by atoms with E-state index in [0.29, 0.717) is 38.5 Å². The Morgan fingerprint density at radius 1 is 0.969 bits per heavy atom. The molecule has 4 bridgehead atoms. The van der Waals surface area contributed by atoms with Crippen LogP contribution in [0.4, 0.5) is 0 Å². The third kappa shape index (κ3) is 3.00. The molecule has 6 aliphatic carbocycles. The van der Waals surface area contributed by atoms with Gasteiger partial charge >= 0.3 is 197 Å². The third-order valence-corrected chi connectivity index (χ3v) is 12.4. The normalized spacial score (nSPS) is 36.2. The van der Waals surface area contributed by atoms with Crippen LogP contribution >= 0.6 is 20.6 Å². The van der Waals surface area contributed by atoms with Crippen LogP contribution < -0.4 is 0 Å². The Morgan fingerprint density at radius 3 is 1.97 bits per heavy atom. The number of nitriles is 1. The zero-order chi connectivity index (χ0) is 22.9. The summed E-state index contributed by atoms with van der Waals surface area (Å²) in [4.78, 5) is 30.4. The van der Waals surface area contributed by atoms with Gasteiger partial charge in [-0.3, -0.25) is 0 Å². The molecule has 0 aliphatic heterocycles. The second-order valence-electron chi connectivity index (χ2n) is 10.7. The Labute approximate surface area is 197 Å². The van der Waals surface area contributed by atoms with E-state index in [9.17, 15) is 14.9 Å². The van der Waals surface area contributed by atoms with Crippen LogP contribution in [0, 0.1) is 58.5 Å². The molecule has 6 saturated carbocycles. The summed E-state index contributed by atoms with van der Waals surface area (Å²) in [5, 5.41) is 9.45. The molecule has 7 heteroatoms. The van der Waals surface area contributed by atoms with Gasteiger partial charge in [0.1, 0.15) is 0 Å². The third-order valence-electron chi connectivity index (χ3n) is 8.20. The number of carbonyl (C=O) groups excluding carboxylic acids is 2. The molecule has 168 valence electrons. The van der Waals surface area contributed by atoms with E-state index in [-0.39, 0.29) is 22.9 Å². The van der Waals surface area contributed by atoms with Crippen LogP contribution in [-0.4, -0.2) is 17.5 Å². The number of halogens is 1. The minimum absolute atomic E-state index is 0.296. The zero-order valence-electron chi connectivity index (χ0n) is 18.7. The van der Waals surface area contributed by atoms with Gasteiger partial charge < -0.3 is 0 Å². The Hall–Kier alpha value is -2.13. The summed E-state index contributed by atoms with van der Waals surface area (Å²) in [6.45, 7) is 13.4. The fourth-order valence-corrected chi connectivity index (χ4v) is 10.6. The van der Waals surface area contributed by atoms with Gasteiger partial charge in [0, 0.05) is 0 Å². The topological polar surface area (TPSA) is 80.8 Å². The molecule has 0 unspecified atom stereocenters. The first kappa shape index (κ1) is 21.7. The summed E-state index contributed by atoms with van der Waals surface area (Å²) in [6.07, 6.45) is 5.03. The van der Waals surface area contributed by atoms with Gasteiger partial charge in [0.2, 0.25) is 0 Å². The number of aryl methyl sites for hydroxylation is 3. The molecule has 0 amide bonds. The maximum atomic E-state index is 13.3. The van der Waals surface area contributed by atoms with Crippen LogP contribution in [0.2, 0.25) is 0 Å². The molecule has 0 heterocycles. The number of hydrogen-bond donors (Lipinski definition) is 0. The molecule has 0 N–H and O–H groups in total. The molecule has 32 heavy (non-hydrogen) atoms. The van der Waals surface area contributed by atoms with E-state index < -0.39 is 31.5 Å². The number of rotatable bonds is 5. The molecular weight excluding hydrogens is 519 g/mol. The first-order chi connectivity index (χ1) is 15.1. The van der Waals surface area contributed by atoms with Gasteiger partial charge in [-0.1, -0.05) is 0 Å². The number of fused-ring (bicyclic) bond motifs is 2. The van der Waals surface area contributed by atoms with Crippen molar-refractivity contribution in [2.75, 3.05) is 0 Å². The maximum absolute atomic E-state index is 13.3. The van der Waals surface area contributed by atoms with Crippen molar-refractivity contribution in [3.8, 4) is 6.07 Å². The van der Waals surface area contributed by atoms with Crippen LogP contribution in [0.5, 0.6) is 0 Å². The summed E-state index contributed by atoms with van der Waals surface area (Å²) < 4.78 is 13.1. The van der Waals surface area contributed by atoms with E-state index in [0.717, 1.165) is 33.1 Å². The fraction of sp³-hybridized carbons (Fsp3) is 0.600. The number of carbonyl (C=O) groups is 2. The van der Waals surface area contributed by atoms with E-state index in [2.05, 4.69) is 10.9 Å². The molecule has 6 nitrogen and oxygen atoms in total. The summed E-state index contributed by atoms with van der Waals surface area (Å²) in [6, 6.07) is 6.45. The summed E-state index contributed by atoms with van der Waals surface area (Å²) in [7, 11) is 0. The number of benzene rings is 1. The van der Waals surface area contributed by atoms with Crippen LogP contribution in [0.1, 0.15) is 68.1 Å². The second-order valence-corrected chi connectivity index (χ2v) is 13.9. The van der Waals surface area contributed by atoms with Crippen LogP contribution in [-0.2, 0) is 15.7 Å².